The first-order valence-electron chi connectivity index (χ1n) is 5.87. The molecule has 104 valence electrons. The van der Waals surface area contributed by atoms with E-state index < -0.39 is 10.9 Å². The number of nitro groups is 1. The summed E-state index contributed by atoms with van der Waals surface area (Å²) in [4.78, 5) is 29.1. The van der Waals surface area contributed by atoms with Crippen LogP contribution >= 0.6 is 0 Å². The van der Waals surface area contributed by atoms with Gasteiger partial charge in [-0.15, -0.1) is 0 Å². The summed E-state index contributed by atoms with van der Waals surface area (Å²) in [6.45, 7) is 0. The smallest absolute Gasteiger partial charge is 0.356 e. The molecule has 21 heavy (non-hydrogen) atoms. The number of nitro benzene ring substituents is 1. The third-order valence-electron chi connectivity index (χ3n) is 2.94. The summed E-state index contributed by atoms with van der Waals surface area (Å²) in [6.07, 6.45) is 2.70. The Morgan fingerprint density at radius 3 is 2.76 bits per heavy atom. The molecule has 0 unspecified atom stereocenters. The van der Waals surface area contributed by atoms with Gasteiger partial charge in [-0.2, -0.15) is 0 Å². The maximum absolute atomic E-state index is 10.8. The Balaban J connectivity index is 2.06. The van der Waals surface area contributed by atoms with Gasteiger partial charge >= 0.3 is 5.97 Å². The number of carboxylic acid groups (broad SMARTS) is 1. The molecule has 0 spiro atoms. The van der Waals surface area contributed by atoms with E-state index in [9.17, 15) is 14.9 Å². The molecule has 0 atom stereocenters. The SMILES string of the molecule is O=C(O)c1cn(-c2ccc3cc([N+](=O)[O-])ccc3n2)cn1. The minimum absolute atomic E-state index is 0.00663. The zero-order chi connectivity index (χ0) is 15.0. The van der Waals surface area contributed by atoms with Gasteiger partial charge in [-0.25, -0.2) is 14.8 Å². The standard InChI is InChI=1S/C13H8N4O4/c18-13(19)11-6-16(7-14-11)12-4-1-8-5-9(17(20)21)2-3-10(8)15-12/h1-7H,(H,18,19). The third kappa shape index (κ3) is 2.29. The van der Waals surface area contributed by atoms with Gasteiger partial charge in [0, 0.05) is 23.7 Å². The predicted molar refractivity (Wildman–Crippen MR) is 72.5 cm³/mol. The number of hydrogen-bond acceptors (Lipinski definition) is 5. The summed E-state index contributed by atoms with van der Waals surface area (Å²) in [5, 5.41) is 20.2. The lowest BCUT2D eigenvalue weighted by atomic mass is 10.2. The first kappa shape index (κ1) is 12.7. The molecule has 0 fully saturated rings. The van der Waals surface area contributed by atoms with Crippen molar-refractivity contribution in [2.75, 3.05) is 0 Å². The highest BCUT2D eigenvalue weighted by Gasteiger charge is 2.10. The van der Waals surface area contributed by atoms with Gasteiger partial charge in [-0.05, 0) is 18.2 Å². The van der Waals surface area contributed by atoms with E-state index in [1.165, 1.54) is 29.2 Å². The number of carboxylic acids is 1. The maximum Gasteiger partial charge on any atom is 0.356 e. The number of fused-ring (bicyclic) bond motifs is 1. The van der Waals surface area contributed by atoms with E-state index in [0.717, 1.165) is 0 Å². The number of aromatic nitrogens is 3. The highest BCUT2D eigenvalue weighted by atomic mass is 16.6. The van der Waals surface area contributed by atoms with Crippen molar-refractivity contribution in [3.8, 4) is 5.82 Å². The van der Waals surface area contributed by atoms with Crippen LogP contribution in [0.1, 0.15) is 10.5 Å². The molecule has 0 aliphatic rings. The molecule has 0 amide bonds. The molecule has 0 aliphatic carbocycles. The number of nitrogens with zero attached hydrogens (tertiary/aromatic N) is 4. The van der Waals surface area contributed by atoms with Crippen LogP contribution in [-0.4, -0.2) is 30.5 Å². The van der Waals surface area contributed by atoms with Crippen molar-refractivity contribution in [2.24, 2.45) is 0 Å². The van der Waals surface area contributed by atoms with E-state index in [1.807, 2.05) is 0 Å². The maximum atomic E-state index is 10.8. The van der Waals surface area contributed by atoms with Crippen molar-refractivity contribution >= 4 is 22.6 Å². The molecule has 1 aromatic carbocycles. The minimum Gasteiger partial charge on any atom is -0.476 e. The number of aromatic carboxylic acids is 1. The van der Waals surface area contributed by atoms with Crippen LogP contribution in [-0.2, 0) is 0 Å². The summed E-state index contributed by atoms with van der Waals surface area (Å²) in [6, 6.07) is 7.68. The van der Waals surface area contributed by atoms with E-state index in [1.54, 1.807) is 18.2 Å². The van der Waals surface area contributed by atoms with Gasteiger partial charge in [0.2, 0.25) is 0 Å². The Kier molecular flexibility index (Phi) is 2.83. The van der Waals surface area contributed by atoms with Gasteiger partial charge in [0.15, 0.2) is 5.69 Å². The summed E-state index contributed by atoms with van der Waals surface area (Å²) in [7, 11) is 0. The Morgan fingerprint density at radius 2 is 2.10 bits per heavy atom. The average molecular weight is 284 g/mol. The van der Waals surface area contributed by atoms with Crippen LogP contribution in [0.3, 0.4) is 0 Å². The van der Waals surface area contributed by atoms with E-state index in [-0.39, 0.29) is 11.4 Å². The molecule has 0 aliphatic heterocycles. The molecule has 0 saturated carbocycles. The number of hydrogen-bond donors (Lipinski definition) is 1. The zero-order valence-electron chi connectivity index (χ0n) is 10.5. The molecule has 3 aromatic rings. The van der Waals surface area contributed by atoms with Crippen LogP contribution in [0.2, 0.25) is 0 Å². The van der Waals surface area contributed by atoms with Crippen molar-refractivity contribution < 1.29 is 14.8 Å². The highest BCUT2D eigenvalue weighted by Crippen LogP contribution is 2.20. The second-order valence-electron chi connectivity index (χ2n) is 4.27. The molecule has 0 radical (unpaired) electrons. The number of benzene rings is 1. The molecule has 8 heteroatoms. The van der Waals surface area contributed by atoms with Gasteiger partial charge in [-0.3, -0.25) is 14.7 Å². The lowest BCUT2D eigenvalue weighted by Gasteiger charge is -2.03. The fraction of sp³-hybridized carbons (Fsp3) is 0. The fourth-order valence-electron chi connectivity index (χ4n) is 1.92. The van der Waals surface area contributed by atoms with Gasteiger partial charge in [-0.1, -0.05) is 0 Å². The van der Waals surface area contributed by atoms with E-state index in [2.05, 4.69) is 9.97 Å². The first-order valence-corrected chi connectivity index (χ1v) is 5.87. The fourth-order valence-corrected chi connectivity index (χ4v) is 1.92. The molecule has 3 rings (SSSR count). The van der Waals surface area contributed by atoms with Crippen LogP contribution in [0.5, 0.6) is 0 Å². The topological polar surface area (TPSA) is 111 Å². The van der Waals surface area contributed by atoms with Gasteiger partial charge < -0.3 is 5.11 Å². The van der Waals surface area contributed by atoms with Crippen molar-refractivity contribution in [3.05, 3.63) is 58.7 Å². The van der Waals surface area contributed by atoms with E-state index >= 15 is 0 Å². The van der Waals surface area contributed by atoms with Gasteiger partial charge in [0.25, 0.3) is 5.69 Å². The minimum atomic E-state index is -1.12. The molecule has 2 aromatic heterocycles. The summed E-state index contributed by atoms with van der Waals surface area (Å²) < 4.78 is 1.48. The second-order valence-corrected chi connectivity index (χ2v) is 4.27. The molecule has 8 nitrogen and oxygen atoms in total. The number of carbonyl (C=O) groups is 1. The largest absolute Gasteiger partial charge is 0.476 e. The average Bonchev–Trinajstić information content (AvgIpc) is 2.96. The predicted octanol–water partition coefficient (Wildman–Crippen LogP) is 2.03. The molecular weight excluding hydrogens is 276 g/mol. The van der Waals surface area contributed by atoms with Crippen LogP contribution < -0.4 is 0 Å². The van der Waals surface area contributed by atoms with Crippen LogP contribution in [0, 0.1) is 10.1 Å². The van der Waals surface area contributed by atoms with Crippen LogP contribution in [0.25, 0.3) is 16.7 Å². The summed E-state index contributed by atoms with van der Waals surface area (Å²) in [5.41, 5.74) is 0.483. The van der Waals surface area contributed by atoms with Gasteiger partial charge in [0.05, 0.1) is 10.4 Å². The van der Waals surface area contributed by atoms with Crippen molar-refractivity contribution in [3.63, 3.8) is 0 Å². The number of imidazole rings is 1. The molecular formula is C13H8N4O4. The molecule has 0 bridgehead atoms. The third-order valence-corrected chi connectivity index (χ3v) is 2.94. The van der Waals surface area contributed by atoms with Crippen molar-refractivity contribution in [1.82, 2.24) is 14.5 Å². The molecule has 0 saturated heterocycles. The number of non-ortho nitro benzene ring substituents is 1. The first-order chi connectivity index (χ1) is 10.0. The van der Waals surface area contributed by atoms with Gasteiger partial charge in [0.1, 0.15) is 12.1 Å². The van der Waals surface area contributed by atoms with Crippen molar-refractivity contribution in [2.45, 2.75) is 0 Å². The lowest BCUT2D eigenvalue weighted by Crippen LogP contribution is -1.97. The Hall–Kier alpha value is -3.29. The van der Waals surface area contributed by atoms with Crippen LogP contribution in [0.15, 0.2) is 42.9 Å². The Labute approximate surface area is 117 Å². The zero-order valence-corrected chi connectivity index (χ0v) is 10.5. The summed E-state index contributed by atoms with van der Waals surface area (Å²) >= 11 is 0. The quantitative estimate of drug-likeness (QED) is 0.581. The van der Waals surface area contributed by atoms with E-state index in [0.29, 0.717) is 16.7 Å². The Bertz CT molecular complexity index is 871. The normalized spacial score (nSPS) is 10.7. The highest BCUT2D eigenvalue weighted by molar-refractivity contribution is 5.85. The summed E-state index contributed by atoms with van der Waals surface area (Å²) in [5.74, 6) is -0.637. The number of rotatable bonds is 3. The number of pyridine rings is 1. The van der Waals surface area contributed by atoms with Crippen LogP contribution in [0.4, 0.5) is 5.69 Å². The van der Waals surface area contributed by atoms with Crippen molar-refractivity contribution in [1.29, 1.82) is 0 Å². The van der Waals surface area contributed by atoms with E-state index in [4.69, 9.17) is 5.11 Å². The monoisotopic (exact) mass is 284 g/mol. The second kappa shape index (κ2) is 4.67. The molecule has 1 N–H and O–H groups in total. The Morgan fingerprint density at radius 1 is 1.29 bits per heavy atom. The molecule has 2 heterocycles. The lowest BCUT2D eigenvalue weighted by molar-refractivity contribution is -0.384.